The molecule has 0 saturated heterocycles. The highest BCUT2D eigenvalue weighted by Crippen LogP contribution is 2.23. The van der Waals surface area contributed by atoms with Crippen molar-refractivity contribution in [3.8, 4) is 11.3 Å². The molecule has 0 bridgehead atoms. The number of nitrogens with zero attached hydrogens (tertiary/aromatic N) is 1. The fourth-order valence-corrected chi connectivity index (χ4v) is 3.08. The molecule has 0 aliphatic heterocycles. The third-order valence-corrected chi connectivity index (χ3v) is 4.94. The van der Waals surface area contributed by atoms with E-state index in [9.17, 15) is 8.42 Å². The van der Waals surface area contributed by atoms with Crippen molar-refractivity contribution in [2.75, 3.05) is 0 Å². The maximum atomic E-state index is 12.0. The molecule has 1 aromatic heterocycles. The fraction of sp³-hybridized carbons (Fsp3) is 0. The second-order valence-electron chi connectivity index (χ2n) is 4.87. The second kappa shape index (κ2) is 7.02. The van der Waals surface area contributed by atoms with Gasteiger partial charge in [-0.3, -0.25) is 0 Å². The SMILES string of the molecule is O=S(=O)(NN=Cc1ccc(-c2ccc(Br)cc2)o1)c1ccccc1. The van der Waals surface area contributed by atoms with E-state index in [1.807, 2.05) is 24.3 Å². The van der Waals surface area contributed by atoms with Crippen LogP contribution in [0, 0.1) is 0 Å². The number of hydrazone groups is 1. The van der Waals surface area contributed by atoms with E-state index in [-0.39, 0.29) is 4.90 Å². The van der Waals surface area contributed by atoms with E-state index in [2.05, 4.69) is 25.9 Å². The average Bonchev–Trinajstić information content (AvgIpc) is 3.05. The van der Waals surface area contributed by atoms with Gasteiger partial charge in [-0.05, 0) is 36.4 Å². The van der Waals surface area contributed by atoms with Crippen molar-refractivity contribution >= 4 is 32.2 Å². The first-order chi connectivity index (χ1) is 11.5. The molecule has 3 aromatic rings. The number of rotatable bonds is 5. The van der Waals surface area contributed by atoms with Crippen LogP contribution in [0.5, 0.6) is 0 Å². The Balaban J connectivity index is 1.71. The molecule has 0 atom stereocenters. The molecule has 7 heteroatoms. The minimum atomic E-state index is -3.68. The van der Waals surface area contributed by atoms with Gasteiger partial charge in [0.2, 0.25) is 0 Å². The summed E-state index contributed by atoms with van der Waals surface area (Å²) in [5, 5.41) is 3.75. The monoisotopic (exact) mass is 404 g/mol. The van der Waals surface area contributed by atoms with E-state index < -0.39 is 10.0 Å². The second-order valence-corrected chi connectivity index (χ2v) is 7.45. The molecule has 0 saturated carbocycles. The van der Waals surface area contributed by atoms with Crippen LogP contribution in [0.2, 0.25) is 0 Å². The van der Waals surface area contributed by atoms with Gasteiger partial charge in [0.15, 0.2) is 0 Å². The smallest absolute Gasteiger partial charge is 0.276 e. The summed E-state index contributed by atoms with van der Waals surface area (Å²) in [6.07, 6.45) is 1.32. The molecule has 1 N–H and O–H groups in total. The van der Waals surface area contributed by atoms with Gasteiger partial charge in [-0.1, -0.05) is 46.3 Å². The number of hydrogen-bond donors (Lipinski definition) is 1. The van der Waals surface area contributed by atoms with Crippen LogP contribution in [0.3, 0.4) is 0 Å². The molecule has 0 spiro atoms. The Kier molecular flexibility index (Phi) is 4.82. The van der Waals surface area contributed by atoms with Crippen LogP contribution in [0.15, 0.2) is 85.6 Å². The zero-order chi connectivity index (χ0) is 17.0. The molecule has 0 amide bonds. The molecule has 0 unspecified atom stereocenters. The van der Waals surface area contributed by atoms with Crippen molar-refractivity contribution in [2.45, 2.75) is 4.90 Å². The van der Waals surface area contributed by atoms with Crippen molar-refractivity contribution in [2.24, 2.45) is 5.10 Å². The molecule has 24 heavy (non-hydrogen) atoms. The zero-order valence-corrected chi connectivity index (χ0v) is 14.8. The van der Waals surface area contributed by atoms with Crippen molar-refractivity contribution in [3.63, 3.8) is 0 Å². The maximum Gasteiger partial charge on any atom is 0.276 e. The van der Waals surface area contributed by atoms with E-state index in [1.54, 1.807) is 30.3 Å². The van der Waals surface area contributed by atoms with Crippen LogP contribution < -0.4 is 4.83 Å². The van der Waals surface area contributed by atoms with Gasteiger partial charge >= 0.3 is 0 Å². The lowest BCUT2D eigenvalue weighted by atomic mass is 10.2. The summed E-state index contributed by atoms with van der Waals surface area (Å²) in [5.41, 5.74) is 0.919. The Morgan fingerprint density at radius 2 is 1.67 bits per heavy atom. The summed E-state index contributed by atoms with van der Waals surface area (Å²) in [6.45, 7) is 0. The quantitative estimate of drug-likeness (QED) is 0.515. The highest BCUT2D eigenvalue weighted by Gasteiger charge is 2.11. The van der Waals surface area contributed by atoms with Gasteiger partial charge in [0.05, 0.1) is 11.1 Å². The van der Waals surface area contributed by atoms with Crippen molar-refractivity contribution in [1.82, 2.24) is 4.83 Å². The van der Waals surface area contributed by atoms with Gasteiger partial charge in [0.1, 0.15) is 11.5 Å². The number of nitrogens with one attached hydrogen (secondary N) is 1. The third-order valence-electron chi connectivity index (χ3n) is 3.17. The fourth-order valence-electron chi connectivity index (χ4n) is 2.00. The van der Waals surface area contributed by atoms with E-state index in [4.69, 9.17) is 4.42 Å². The van der Waals surface area contributed by atoms with E-state index in [0.717, 1.165) is 10.0 Å². The third kappa shape index (κ3) is 3.93. The largest absolute Gasteiger partial charge is 0.455 e. The number of hydrogen-bond acceptors (Lipinski definition) is 4. The molecule has 122 valence electrons. The minimum absolute atomic E-state index is 0.150. The number of furan rings is 1. The first-order valence-corrected chi connectivity index (χ1v) is 9.28. The molecular weight excluding hydrogens is 392 g/mol. The van der Waals surface area contributed by atoms with Crippen molar-refractivity contribution < 1.29 is 12.8 Å². The molecule has 0 radical (unpaired) electrons. The minimum Gasteiger partial charge on any atom is -0.455 e. The zero-order valence-electron chi connectivity index (χ0n) is 12.4. The standard InChI is InChI=1S/C17H13BrN2O3S/c18-14-8-6-13(7-9-14)17-11-10-15(23-17)12-19-20-24(21,22)16-4-2-1-3-5-16/h1-12,20H. The van der Waals surface area contributed by atoms with Crippen molar-refractivity contribution in [1.29, 1.82) is 0 Å². The first-order valence-electron chi connectivity index (χ1n) is 7.00. The molecule has 2 aromatic carbocycles. The topological polar surface area (TPSA) is 71.7 Å². The molecule has 0 aliphatic carbocycles. The molecule has 0 fully saturated rings. The van der Waals surface area contributed by atoms with Crippen LogP contribution in [0.25, 0.3) is 11.3 Å². The van der Waals surface area contributed by atoms with Crippen LogP contribution >= 0.6 is 15.9 Å². The Bertz CT molecular complexity index is 949. The van der Waals surface area contributed by atoms with Crippen molar-refractivity contribution in [3.05, 3.63) is 77.0 Å². The molecular formula is C17H13BrN2O3S. The van der Waals surface area contributed by atoms with E-state index in [1.165, 1.54) is 18.3 Å². The lowest BCUT2D eigenvalue weighted by Crippen LogP contribution is -2.18. The molecule has 5 nitrogen and oxygen atoms in total. The number of sulfonamides is 1. The Morgan fingerprint density at radius 1 is 0.958 bits per heavy atom. The Morgan fingerprint density at radius 3 is 2.38 bits per heavy atom. The van der Waals surface area contributed by atoms with Gasteiger partial charge in [-0.25, -0.2) is 0 Å². The predicted molar refractivity (Wildman–Crippen MR) is 96.2 cm³/mol. The van der Waals surface area contributed by atoms with E-state index >= 15 is 0 Å². The Hall–Kier alpha value is -2.38. The van der Waals surface area contributed by atoms with Gasteiger partial charge in [-0.2, -0.15) is 18.4 Å². The molecule has 0 aliphatic rings. The van der Waals surface area contributed by atoms with Crippen LogP contribution in [-0.2, 0) is 10.0 Å². The van der Waals surface area contributed by atoms with Gasteiger partial charge in [0, 0.05) is 10.0 Å². The van der Waals surface area contributed by atoms with Gasteiger partial charge in [0.25, 0.3) is 10.0 Å². The van der Waals surface area contributed by atoms with Crippen LogP contribution in [0.1, 0.15) is 5.76 Å². The molecule has 1 heterocycles. The summed E-state index contributed by atoms with van der Waals surface area (Å²) in [7, 11) is -3.68. The summed E-state index contributed by atoms with van der Waals surface area (Å²) in [5.74, 6) is 1.12. The predicted octanol–water partition coefficient (Wildman–Crippen LogP) is 4.02. The van der Waals surface area contributed by atoms with Gasteiger partial charge in [-0.15, -0.1) is 0 Å². The normalized spacial score (nSPS) is 11.7. The van der Waals surface area contributed by atoms with Crippen LogP contribution in [-0.4, -0.2) is 14.6 Å². The lowest BCUT2D eigenvalue weighted by molar-refractivity contribution is 0.573. The Labute approximate surface area is 148 Å². The summed E-state index contributed by atoms with van der Waals surface area (Å²) in [4.78, 5) is 2.31. The highest BCUT2D eigenvalue weighted by molar-refractivity contribution is 9.10. The highest BCUT2D eigenvalue weighted by atomic mass is 79.9. The summed E-state index contributed by atoms with van der Waals surface area (Å²) < 4.78 is 30.7. The molecule has 3 rings (SSSR count). The lowest BCUT2D eigenvalue weighted by Gasteiger charge is -2.01. The van der Waals surface area contributed by atoms with Crippen LogP contribution in [0.4, 0.5) is 0 Å². The average molecular weight is 405 g/mol. The summed E-state index contributed by atoms with van der Waals surface area (Å²) >= 11 is 3.38. The van der Waals surface area contributed by atoms with Gasteiger partial charge < -0.3 is 4.42 Å². The number of halogens is 1. The summed E-state index contributed by atoms with van der Waals surface area (Å²) in [6, 6.07) is 19.2. The van der Waals surface area contributed by atoms with E-state index in [0.29, 0.717) is 11.5 Å². The maximum absolute atomic E-state index is 12.0. The number of benzene rings is 2. The first kappa shape index (κ1) is 16.5.